The Balaban J connectivity index is 2.18. The standard InChI is InChI=1S/C18H16N4O6S/c1-9(23)19-13-5-11-4-12-6-14(20-10(2)24)16(22(27)28)8-18(12)29(3)17(11)7-15(13)21(25)26/h5-8H,3-4H2,1-2H3,(H,19,23)(H,20,24). The van der Waals surface area contributed by atoms with Gasteiger partial charge in [-0.2, -0.15) is 0 Å². The van der Waals surface area contributed by atoms with E-state index in [2.05, 4.69) is 16.5 Å². The average molecular weight is 416 g/mol. The van der Waals surface area contributed by atoms with Crippen LogP contribution in [0.15, 0.2) is 34.1 Å². The van der Waals surface area contributed by atoms with Gasteiger partial charge in [-0.25, -0.2) is 0 Å². The van der Waals surface area contributed by atoms with Gasteiger partial charge in [0.1, 0.15) is 11.4 Å². The number of anilines is 2. The van der Waals surface area contributed by atoms with Crippen LogP contribution in [0, 0.1) is 20.2 Å². The predicted octanol–water partition coefficient (Wildman–Crippen LogP) is 3.44. The Morgan fingerprint density at radius 1 is 0.897 bits per heavy atom. The highest BCUT2D eigenvalue weighted by atomic mass is 32.2. The molecule has 0 unspecified atom stereocenters. The van der Waals surface area contributed by atoms with Gasteiger partial charge in [0.15, 0.2) is 0 Å². The minimum absolute atomic E-state index is 0.0747. The summed E-state index contributed by atoms with van der Waals surface area (Å²) in [5.74, 6) is 3.18. The van der Waals surface area contributed by atoms with Crippen LogP contribution in [0.2, 0.25) is 0 Å². The molecule has 0 radical (unpaired) electrons. The Morgan fingerprint density at radius 2 is 1.28 bits per heavy atom. The molecule has 2 aromatic rings. The van der Waals surface area contributed by atoms with E-state index in [1.165, 1.54) is 38.1 Å². The quantitative estimate of drug-likeness (QED) is 0.379. The van der Waals surface area contributed by atoms with Gasteiger partial charge in [0.05, 0.1) is 9.85 Å². The third-order valence-electron chi connectivity index (χ3n) is 4.28. The third kappa shape index (κ3) is 3.85. The molecule has 10 nitrogen and oxygen atoms in total. The van der Waals surface area contributed by atoms with Gasteiger partial charge in [-0.1, -0.05) is 5.87 Å². The lowest BCUT2D eigenvalue weighted by Gasteiger charge is -2.24. The number of hydrogen-bond acceptors (Lipinski definition) is 6. The van der Waals surface area contributed by atoms with Crippen molar-refractivity contribution in [1.29, 1.82) is 0 Å². The number of amides is 2. The molecule has 0 saturated carbocycles. The lowest BCUT2D eigenvalue weighted by molar-refractivity contribution is -0.384. The molecule has 150 valence electrons. The Labute approximate surface area is 167 Å². The van der Waals surface area contributed by atoms with E-state index in [9.17, 15) is 29.8 Å². The van der Waals surface area contributed by atoms with E-state index >= 15 is 0 Å². The van der Waals surface area contributed by atoms with E-state index in [-0.39, 0.29) is 22.7 Å². The molecule has 2 N–H and O–H groups in total. The summed E-state index contributed by atoms with van der Waals surface area (Å²) in [6, 6.07) is 5.77. The van der Waals surface area contributed by atoms with Gasteiger partial charge in [-0.05, 0) is 29.7 Å². The second-order valence-corrected chi connectivity index (χ2v) is 8.06. The molecular formula is C18H16N4O6S. The normalized spacial score (nSPS) is 12.5. The van der Waals surface area contributed by atoms with Crippen LogP contribution >= 0.6 is 10.5 Å². The second kappa shape index (κ2) is 7.43. The molecule has 0 aliphatic carbocycles. The van der Waals surface area contributed by atoms with Gasteiger partial charge in [-0.15, -0.1) is 10.5 Å². The number of benzene rings is 2. The molecule has 0 bridgehead atoms. The minimum Gasteiger partial charge on any atom is -0.321 e. The van der Waals surface area contributed by atoms with Crippen LogP contribution in [-0.2, 0) is 16.0 Å². The summed E-state index contributed by atoms with van der Waals surface area (Å²) >= 11 is 0. The van der Waals surface area contributed by atoms with Crippen molar-refractivity contribution in [3.8, 4) is 0 Å². The largest absolute Gasteiger partial charge is 0.321 e. The van der Waals surface area contributed by atoms with E-state index < -0.39 is 32.1 Å². The van der Waals surface area contributed by atoms with E-state index in [1.807, 2.05) is 0 Å². The molecule has 1 aliphatic heterocycles. The summed E-state index contributed by atoms with van der Waals surface area (Å²) in [6.45, 7) is 2.51. The maximum Gasteiger partial charge on any atom is 0.293 e. The fraction of sp³-hybridized carbons (Fsp3) is 0.167. The number of nitrogens with one attached hydrogen (secondary N) is 2. The molecule has 0 aromatic heterocycles. The van der Waals surface area contributed by atoms with E-state index in [4.69, 9.17) is 0 Å². The molecule has 11 heteroatoms. The summed E-state index contributed by atoms with van der Waals surface area (Å²) in [5, 5.41) is 27.8. The van der Waals surface area contributed by atoms with E-state index in [1.54, 1.807) is 0 Å². The summed E-state index contributed by atoms with van der Waals surface area (Å²) in [7, 11) is -0.920. The summed E-state index contributed by atoms with van der Waals surface area (Å²) in [4.78, 5) is 45.7. The molecule has 3 rings (SSSR count). The van der Waals surface area contributed by atoms with Crippen molar-refractivity contribution >= 4 is 50.9 Å². The van der Waals surface area contributed by atoms with Crippen molar-refractivity contribution in [3.63, 3.8) is 0 Å². The number of nitro benzene ring substituents is 2. The number of rotatable bonds is 4. The Morgan fingerprint density at radius 3 is 1.59 bits per heavy atom. The number of nitro groups is 2. The van der Waals surface area contributed by atoms with E-state index in [0.717, 1.165) is 0 Å². The minimum atomic E-state index is -0.920. The summed E-state index contributed by atoms with van der Waals surface area (Å²) in [5.41, 5.74) is 1.04. The van der Waals surface area contributed by atoms with Crippen molar-refractivity contribution in [2.45, 2.75) is 30.1 Å². The van der Waals surface area contributed by atoms with Crippen molar-refractivity contribution in [2.75, 3.05) is 10.6 Å². The lowest BCUT2D eigenvalue weighted by atomic mass is 10.0. The molecule has 0 fully saturated rings. The first kappa shape index (κ1) is 20.1. The van der Waals surface area contributed by atoms with Crippen molar-refractivity contribution in [1.82, 2.24) is 0 Å². The monoisotopic (exact) mass is 416 g/mol. The SMILES string of the molecule is C=S1c2cc([N+](=O)[O-])c(NC(C)=O)cc2Cc2cc(NC(C)=O)c([N+](=O)[O-])cc21. The zero-order chi connectivity index (χ0) is 21.5. The maximum absolute atomic E-state index is 11.4. The third-order valence-corrected chi connectivity index (χ3v) is 6.11. The molecule has 1 aliphatic rings. The van der Waals surface area contributed by atoms with Crippen LogP contribution in [0.3, 0.4) is 0 Å². The number of fused-ring (bicyclic) bond motifs is 2. The zero-order valence-electron chi connectivity index (χ0n) is 15.5. The first-order valence-electron chi connectivity index (χ1n) is 8.30. The highest BCUT2D eigenvalue weighted by Gasteiger charge is 2.28. The fourth-order valence-electron chi connectivity index (χ4n) is 3.17. The van der Waals surface area contributed by atoms with Gasteiger partial charge >= 0.3 is 0 Å². The number of carbonyl (C=O) groups is 2. The van der Waals surface area contributed by atoms with Crippen LogP contribution in [-0.4, -0.2) is 27.5 Å². The number of nitrogens with zero attached hydrogens (tertiary/aromatic N) is 2. The summed E-state index contributed by atoms with van der Waals surface area (Å²) < 4.78 is 0. The van der Waals surface area contributed by atoms with Crippen molar-refractivity contribution in [3.05, 3.63) is 55.6 Å². The molecule has 2 amide bonds. The Bertz CT molecular complexity index is 1040. The molecule has 1 heterocycles. The molecule has 29 heavy (non-hydrogen) atoms. The zero-order valence-corrected chi connectivity index (χ0v) is 16.3. The Kier molecular flexibility index (Phi) is 5.16. The molecule has 0 atom stereocenters. The van der Waals surface area contributed by atoms with Gasteiger partial charge in [0, 0.05) is 35.8 Å². The van der Waals surface area contributed by atoms with Crippen molar-refractivity contribution < 1.29 is 19.4 Å². The molecule has 0 saturated heterocycles. The highest BCUT2D eigenvalue weighted by molar-refractivity contribution is 8.14. The van der Waals surface area contributed by atoms with Crippen LogP contribution in [0.5, 0.6) is 0 Å². The van der Waals surface area contributed by atoms with Gasteiger partial charge in [0.2, 0.25) is 11.8 Å². The van der Waals surface area contributed by atoms with Crippen LogP contribution in [0.4, 0.5) is 22.7 Å². The second-order valence-electron chi connectivity index (χ2n) is 6.40. The highest BCUT2D eigenvalue weighted by Crippen LogP contribution is 2.49. The molecular weight excluding hydrogens is 400 g/mol. The van der Waals surface area contributed by atoms with Crippen molar-refractivity contribution in [2.24, 2.45) is 0 Å². The van der Waals surface area contributed by atoms with Crippen LogP contribution in [0.1, 0.15) is 25.0 Å². The van der Waals surface area contributed by atoms with Gasteiger partial charge < -0.3 is 10.6 Å². The fourth-order valence-corrected chi connectivity index (χ4v) is 4.81. The van der Waals surface area contributed by atoms with E-state index in [0.29, 0.717) is 27.3 Å². The smallest absolute Gasteiger partial charge is 0.293 e. The molecule has 2 aromatic carbocycles. The predicted molar refractivity (Wildman–Crippen MR) is 109 cm³/mol. The van der Waals surface area contributed by atoms with Crippen LogP contribution in [0.25, 0.3) is 0 Å². The topological polar surface area (TPSA) is 144 Å². The van der Waals surface area contributed by atoms with Gasteiger partial charge in [-0.3, -0.25) is 29.8 Å². The first-order valence-corrected chi connectivity index (χ1v) is 9.69. The average Bonchev–Trinajstić information content (AvgIpc) is 2.59. The number of carbonyl (C=O) groups excluding carboxylic acids is 2. The summed E-state index contributed by atoms with van der Waals surface area (Å²) in [6.07, 6.45) is 0.318. The maximum atomic E-state index is 11.4. The van der Waals surface area contributed by atoms with Crippen LogP contribution < -0.4 is 10.6 Å². The molecule has 0 spiro atoms. The lowest BCUT2D eigenvalue weighted by Crippen LogP contribution is -2.12. The Hall–Kier alpha value is -3.60. The first-order chi connectivity index (χ1) is 13.6. The number of hydrogen-bond donors (Lipinski definition) is 2. The van der Waals surface area contributed by atoms with Gasteiger partial charge in [0.25, 0.3) is 11.4 Å².